The third-order valence-electron chi connectivity index (χ3n) is 19.8. The van der Waals surface area contributed by atoms with Crippen LogP contribution in [0.25, 0.3) is 153 Å². The van der Waals surface area contributed by atoms with E-state index in [1.54, 1.807) is 0 Å². The maximum Gasteiger partial charge on any atom is 0.159 e. The van der Waals surface area contributed by atoms with Crippen molar-refractivity contribution < 1.29 is 8.83 Å². The summed E-state index contributed by atoms with van der Waals surface area (Å²) in [5, 5.41) is 14.1. The molecule has 6 nitrogen and oxygen atoms in total. The second kappa shape index (κ2) is 19.2. The van der Waals surface area contributed by atoms with E-state index in [9.17, 15) is 0 Å². The molecule has 0 spiro atoms. The lowest BCUT2D eigenvalue weighted by Crippen LogP contribution is -2.11. The molecule has 0 bridgehead atoms. The van der Waals surface area contributed by atoms with Crippen molar-refractivity contribution in [3.05, 3.63) is 302 Å². The molecule has 14 aromatic carbocycles. The van der Waals surface area contributed by atoms with E-state index in [-0.39, 0.29) is 0 Å². The van der Waals surface area contributed by atoms with E-state index in [0.717, 1.165) is 128 Å². The highest BCUT2D eigenvalue weighted by atomic mass is 16.3. The van der Waals surface area contributed by atoms with Crippen molar-refractivity contribution in [2.24, 2.45) is 0 Å². The fraction of sp³-hybridized carbons (Fsp3) is 0.0233. The minimum Gasteiger partial charge on any atom is -0.453 e. The minimum atomic E-state index is 0.852. The molecule has 0 fully saturated rings. The summed E-state index contributed by atoms with van der Waals surface area (Å²) < 4.78 is 19.5. The van der Waals surface area contributed by atoms with Gasteiger partial charge in [-0.3, -0.25) is 0 Å². The average molecular weight is 1180 g/mol. The molecule has 6 aromatic heterocycles. The molecule has 0 radical (unpaired) electrons. The maximum atomic E-state index is 7.27. The highest BCUT2D eigenvalue weighted by Crippen LogP contribution is 2.52. The number of hydrogen-bond donors (Lipinski definition) is 0. The monoisotopic (exact) mass is 1170 g/mol. The summed E-state index contributed by atoms with van der Waals surface area (Å²) in [4.78, 5) is 4.83. The summed E-state index contributed by atoms with van der Waals surface area (Å²) in [6.07, 6.45) is 0. The third-order valence-corrected chi connectivity index (χ3v) is 19.8. The Balaban J connectivity index is 0.799. The number of rotatable bonds is 9. The molecule has 0 saturated carbocycles. The number of furan rings is 2. The molecule has 0 unspecified atom stereocenters. The number of aromatic nitrogens is 2. The predicted octanol–water partition coefficient (Wildman–Crippen LogP) is 24.3. The summed E-state index contributed by atoms with van der Waals surface area (Å²) in [6, 6.07) is 106. The van der Waals surface area contributed by atoms with Crippen LogP contribution in [-0.4, -0.2) is 8.80 Å². The van der Waals surface area contributed by atoms with Crippen molar-refractivity contribution in [1.29, 1.82) is 0 Å². The molecular weight excluding hydrogens is 1120 g/mol. The van der Waals surface area contributed by atoms with Crippen molar-refractivity contribution in [2.45, 2.75) is 13.8 Å². The van der Waals surface area contributed by atoms with Crippen LogP contribution >= 0.6 is 0 Å². The van der Waals surface area contributed by atoms with Crippen molar-refractivity contribution in [3.63, 3.8) is 0 Å². The number of nitrogens with zero attached hydrogens (tertiary/aromatic N) is 4. The number of aryl methyl sites for hydroxylation is 2. The number of fused-ring (bicyclic) bond motifs is 18. The van der Waals surface area contributed by atoms with E-state index < -0.39 is 0 Å². The van der Waals surface area contributed by atoms with E-state index in [2.05, 4.69) is 324 Å². The van der Waals surface area contributed by atoms with Crippen LogP contribution in [0.2, 0.25) is 0 Å². The summed E-state index contributed by atoms with van der Waals surface area (Å²) in [6.45, 7) is 4.42. The number of anilines is 6. The van der Waals surface area contributed by atoms with Gasteiger partial charge in [0, 0.05) is 98.5 Å². The van der Waals surface area contributed by atoms with E-state index >= 15 is 0 Å². The van der Waals surface area contributed by atoms with Crippen LogP contribution in [0, 0.1) is 13.8 Å². The Morgan fingerprint density at radius 3 is 1.03 bits per heavy atom. The highest BCUT2D eigenvalue weighted by molar-refractivity contribution is 6.29. The summed E-state index contributed by atoms with van der Waals surface area (Å²) in [7, 11) is 0. The molecule has 0 atom stereocenters. The maximum absolute atomic E-state index is 7.27. The lowest BCUT2D eigenvalue weighted by Gasteiger charge is -2.27. The van der Waals surface area contributed by atoms with E-state index in [0.29, 0.717) is 0 Å². The van der Waals surface area contributed by atoms with Gasteiger partial charge >= 0.3 is 0 Å². The first-order valence-corrected chi connectivity index (χ1v) is 31.6. The van der Waals surface area contributed by atoms with Gasteiger partial charge in [-0.25, -0.2) is 0 Å². The van der Waals surface area contributed by atoms with Crippen LogP contribution in [0.3, 0.4) is 0 Å². The van der Waals surface area contributed by atoms with Crippen molar-refractivity contribution in [2.75, 3.05) is 9.80 Å². The van der Waals surface area contributed by atoms with Gasteiger partial charge in [0.05, 0.1) is 44.5 Å². The fourth-order valence-electron chi connectivity index (χ4n) is 15.7. The van der Waals surface area contributed by atoms with E-state index in [1.807, 2.05) is 0 Å². The standard InChI is InChI=1S/C86H54N4O2/c1-51-35-43-71-69-33-15-27-61(55-21-9-4-10-22-55)83(69)91-85(71)79(51)87(57-25-13-6-14-26-57)59-41-45-63-65-29-17-31-67-73-50-78-74(49-77(73)89(81(65)67)75(63)47-59)68-32-18-30-66-64-46-42-60(48-76(64)90(78)82(66)68)88(58-39-37-54(38-40-58)53-19-7-3-8-20-53)80-52(2)36-44-72-70-34-16-28-62(84(70)92-86(72)80)56-23-11-5-12-24-56/h3-50H,1-2H3. The molecule has 20 rings (SSSR count). The number of hydrogen-bond acceptors (Lipinski definition) is 4. The zero-order valence-corrected chi connectivity index (χ0v) is 50.3. The van der Waals surface area contributed by atoms with Crippen molar-refractivity contribution >= 4 is 154 Å². The summed E-state index contributed by atoms with van der Waals surface area (Å²) in [5.74, 6) is 0. The quantitative estimate of drug-likeness (QED) is 0.144. The Morgan fingerprint density at radius 1 is 0.239 bits per heavy atom. The van der Waals surface area contributed by atoms with Crippen LogP contribution in [0.5, 0.6) is 0 Å². The molecule has 430 valence electrons. The third kappa shape index (κ3) is 7.14. The Morgan fingerprint density at radius 2 is 0.576 bits per heavy atom. The van der Waals surface area contributed by atoms with Gasteiger partial charge in [-0.15, -0.1) is 0 Å². The topological polar surface area (TPSA) is 41.6 Å². The Labute approximate surface area is 528 Å². The van der Waals surface area contributed by atoms with Crippen LogP contribution in [0.4, 0.5) is 34.1 Å². The van der Waals surface area contributed by atoms with Gasteiger partial charge in [0.2, 0.25) is 0 Å². The van der Waals surface area contributed by atoms with Gasteiger partial charge in [-0.1, -0.05) is 231 Å². The summed E-state index contributed by atoms with van der Waals surface area (Å²) >= 11 is 0. The van der Waals surface area contributed by atoms with Gasteiger partial charge in [0.1, 0.15) is 11.2 Å². The molecule has 0 aliphatic rings. The van der Waals surface area contributed by atoms with Gasteiger partial charge in [0.25, 0.3) is 0 Å². The molecule has 0 N–H and O–H groups in total. The molecule has 0 aliphatic heterocycles. The first kappa shape index (κ1) is 50.8. The van der Waals surface area contributed by atoms with Gasteiger partial charge in [0.15, 0.2) is 11.2 Å². The second-order valence-electron chi connectivity index (χ2n) is 24.8. The van der Waals surface area contributed by atoms with Gasteiger partial charge in [-0.2, -0.15) is 0 Å². The number of benzene rings is 14. The molecule has 0 aliphatic carbocycles. The van der Waals surface area contributed by atoms with Crippen LogP contribution in [-0.2, 0) is 0 Å². The lowest BCUT2D eigenvalue weighted by molar-refractivity contribution is 0.669. The zero-order valence-electron chi connectivity index (χ0n) is 50.3. The fourth-order valence-corrected chi connectivity index (χ4v) is 15.7. The lowest BCUT2D eigenvalue weighted by atomic mass is 10.0. The molecule has 6 heteroatoms. The van der Waals surface area contributed by atoms with Gasteiger partial charge < -0.3 is 27.4 Å². The second-order valence-corrected chi connectivity index (χ2v) is 24.8. The Bertz CT molecular complexity index is 6380. The Hall–Kier alpha value is -12.1. The zero-order chi connectivity index (χ0) is 60.4. The molecule has 0 amide bonds. The average Bonchev–Trinajstić information content (AvgIpc) is 1.53. The predicted molar refractivity (Wildman–Crippen MR) is 385 cm³/mol. The van der Waals surface area contributed by atoms with Crippen molar-refractivity contribution in [1.82, 2.24) is 8.80 Å². The van der Waals surface area contributed by atoms with Crippen LogP contribution < -0.4 is 9.80 Å². The Kier molecular flexibility index (Phi) is 10.6. The first-order valence-electron chi connectivity index (χ1n) is 31.6. The highest BCUT2D eigenvalue weighted by Gasteiger charge is 2.29. The van der Waals surface area contributed by atoms with E-state index in [4.69, 9.17) is 8.83 Å². The SMILES string of the molecule is Cc1ccc2c(oc3c(-c4ccccc4)cccc32)c1N(c1ccccc1)c1ccc2c3cccc4c5cc6c(cc5n(c2c1)c34)c1cccc2c3ccc(N(c4ccc(-c5ccccc5)cc4)c4c(C)ccc5c4oc4c(-c7ccccc7)cccc45)cc3n6c21. The number of para-hydroxylation sites is 5. The normalized spacial score (nSPS) is 12.2. The first-order chi connectivity index (χ1) is 45.5. The molecule has 0 saturated heterocycles. The van der Waals surface area contributed by atoms with E-state index in [1.165, 1.54) is 70.7 Å². The largest absolute Gasteiger partial charge is 0.453 e. The van der Waals surface area contributed by atoms with Crippen LogP contribution in [0.15, 0.2) is 300 Å². The van der Waals surface area contributed by atoms with Crippen molar-refractivity contribution in [3.8, 4) is 33.4 Å². The molecular formula is C86H54N4O2. The molecule has 92 heavy (non-hydrogen) atoms. The smallest absolute Gasteiger partial charge is 0.159 e. The molecule has 6 heterocycles. The molecule has 20 aromatic rings. The minimum absolute atomic E-state index is 0.852. The van der Waals surface area contributed by atoms with Crippen LogP contribution in [0.1, 0.15) is 11.1 Å². The summed E-state index contributed by atoms with van der Waals surface area (Å²) in [5.41, 5.74) is 25.8. The van der Waals surface area contributed by atoms with Gasteiger partial charge in [-0.05, 0) is 108 Å².